The van der Waals surface area contributed by atoms with Crippen LogP contribution in [0.5, 0.6) is 11.5 Å². The lowest BCUT2D eigenvalue weighted by Crippen LogP contribution is -2.70. The average Bonchev–Trinajstić information content (AvgIpc) is 3.24. The van der Waals surface area contributed by atoms with Crippen LogP contribution in [-0.2, 0) is 33.2 Å². The second kappa shape index (κ2) is 22.7. The van der Waals surface area contributed by atoms with E-state index in [1.165, 1.54) is 39.3 Å². The van der Waals surface area contributed by atoms with Crippen LogP contribution in [0.1, 0.15) is 108 Å². The lowest BCUT2D eigenvalue weighted by Gasteiger charge is -2.53. The number of carbonyl (C=O) groups excluding carboxylic acids is 1. The van der Waals surface area contributed by atoms with E-state index < -0.39 is 107 Å². The largest absolute Gasteiger partial charge is 0.497 e. The number of methoxy groups -OCH3 is 2. The van der Waals surface area contributed by atoms with Gasteiger partial charge >= 0.3 is 5.97 Å². The number of rotatable bonds is 14. The minimum atomic E-state index is -1.85. The molecule has 1 aromatic carbocycles. The van der Waals surface area contributed by atoms with Gasteiger partial charge in [-0.05, 0) is 112 Å². The standard InChI is InChI=1S/C47H82FN3O13/c1-15-19-50-25-47(56)31(8)60-37(23-45(47,10)58-14)63-38-28(5)41(64-43-39(34(49-12)20-27(4)59-43)61-35-21-32(57-13)17-18-33(35)48)44(9,54)22-26(3)24-51-30(7)40(52)46(11,55)36(16-2)62-42(53)29(38)6/h17-18,21,26-31,34,36-41,43,49-52,54-56H,15-16,19-20,22-25H2,1-14H3/t26-,27-,28+,29-,30-,31+,34+,36-,37+,38+,39-,40-,41-,43+,44-,45-,46-,47+/m1/s1. The predicted molar refractivity (Wildman–Crippen MR) is 238 cm³/mol. The van der Waals surface area contributed by atoms with E-state index in [0.717, 1.165) is 6.42 Å². The second-order valence-electron chi connectivity index (χ2n) is 19.4. The monoisotopic (exact) mass is 916 g/mol. The summed E-state index contributed by atoms with van der Waals surface area (Å²) in [5.41, 5.74) is -6.17. The van der Waals surface area contributed by atoms with E-state index in [4.69, 9.17) is 37.9 Å². The Hall–Kier alpha value is -2.26. The Labute approximate surface area is 380 Å². The summed E-state index contributed by atoms with van der Waals surface area (Å²) in [4.78, 5) is 14.5. The number of cyclic esters (lactones) is 1. The lowest BCUT2D eigenvalue weighted by molar-refractivity contribution is -0.335. The molecule has 0 aliphatic carbocycles. The molecule has 0 saturated carbocycles. The molecule has 0 radical (unpaired) electrons. The topological polar surface area (TPSA) is 208 Å². The van der Waals surface area contributed by atoms with Gasteiger partial charge in [0, 0.05) is 38.1 Å². The van der Waals surface area contributed by atoms with Crippen LogP contribution in [0, 0.1) is 23.6 Å². The zero-order chi connectivity index (χ0) is 47.9. The van der Waals surface area contributed by atoms with E-state index in [9.17, 15) is 25.2 Å². The number of likely N-dealkylation sites (N-methyl/N-ethyl adjacent to an activating group) is 1. The van der Waals surface area contributed by atoms with Gasteiger partial charge in [-0.2, -0.15) is 0 Å². The maximum absolute atomic E-state index is 15.4. The maximum Gasteiger partial charge on any atom is 0.311 e. The lowest BCUT2D eigenvalue weighted by atomic mass is 9.75. The molecule has 7 N–H and O–H groups in total. The summed E-state index contributed by atoms with van der Waals surface area (Å²) in [6.07, 6.45) is -7.33. The van der Waals surface area contributed by atoms with Gasteiger partial charge in [0.15, 0.2) is 30.3 Å². The van der Waals surface area contributed by atoms with Crippen LogP contribution in [0.3, 0.4) is 0 Å². The highest BCUT2D eigenvalue weighted by molar-refractivity contribution is 5.73. The number of aliphatic hydroxyl groups is 4. The van der Waals surface area contributed by atoms with Crippen molar-refractivity contribution in [2.75, 3.05) is 40.9 Å². The van der Waals surface area contributed by atoms with E-state index in [0.29, 0.717) is 25.3 Å². The van der Waals surface area contributed by atoms with Crippen LogP contribution in [0.25, 0.3) is 0 Å². The van der Waals surface area contributed by atoms with Gasteiger partial charge in [0.2, 0.25) is 0 Å². The molecule has 16 nitrogen and oxygen atoms in total. The van der Waals surface area contributed by atoms with Crippen LogP contribution in [-0.4, -0.2) is 157 Å². The normalized spacial score (nSPS) is 43.1. The second-order valence-corrected chi connectivity index (χ2v) is 19.4. The van der Waals surface area contributed by atoms with Gasteiger partial charge in [0.25, 0.3) is 0 Å². The number of carbonyl (C=O) groups is 1. The molecule has 3 aliphatic heterocycles. The Morgan fingerprint density at radius 3 is 2.27 bits per heavy atom. The van der Waals surface area contributed by atoms with Crippen LogP contribution in [0.4, 0.5) is 4.39 Å². The van der Waals surface area contributed by atoms with E-state index in [-0.39, 0.29) is 43.6 Å². The number of aliphatic hydroxyl groups excluding tert-OH is 1. The third-order valence-corrected chi connectivity index (χ3v) is 14.1. The van der Waals surface area contributed by atoms with Crippen molar-refractivity contribution in [2.45, 2.75) is 198 Å². The quantitative estimate of drug-likeness (QED) is 0.105. The summed E-state index contributed by atoms with van der Waals surface area (Å²) in [5, 5.41) is 58.1. The SMILES string of the molecule is CCCNC[C@]1(O)[C@H](C)O[C@@H](O[C@H]2[C@H](C)[C@@H](O[C@@H]3O[C@H](C)C[C@H](NC)[C@H]3Oc3cc(OC)ccc3F)[C@](C)(O)C[C@@H](C)CN[C@H](C)[C@@H](O)[C@](C)(O)[C@@H](CC)OC(=O)[C@@H]2C)C[C@@]1(C)OC. The van der Waals surface area contributed by atoms with Crippen molar-refractivity contribution in [3.05, 3.63) is 24.0 Å². The molecule has 0 amide bonds. The third kappa shape index (κ3) is 12.2. The van der Waals surface area contributed by atoms with Crippen LogP contribution in [0.15, 0.2) is 18.2 Å². The molecule has 17 heteroatoms. The first-order chi connectivity index (χ1) is 29.9. The van der Waals surface area contributed by atoms with Crippen molar-refractivity contribution in [3.63, 3.8) is 0 Å². The van der Waals surface area contributed by atoms with E-state index in [1.54, 1.807) is 55.5 Å². The minimum absolute atomic E-state index is 0.0548. The predicted octanol–water partition coefficient (Wildman–Crippen LogP) is 3.82. The first-order valence-corrected chi connectivity index (χ1v) is 23.3. The Bertz CT molecular complexity index is 1630. The fraction of sp³-hybridized carbons (Fsp3) is 0.851. The molecular formula is C47H82FN3O13. The number of hydrogen-bond donors (Lipinski definition) is 7. The molecule has 3 aliphatic rings. The van der Waals surface area contributed by atoms with Crippen molar-refractivity contribution in [2.24, 2.45) is 17.8 Å². The molecule has 4 rings (SSSR count). The first-order valence-electron chi connectivity index (χ1n) is 23.3. The fourth-order valence-corrected chi connectivity index (χ4v) is 9.97. The van der Waals surface area contributed by atoms with Crippen LogP contribution >= 0.6 is 0 Å². The van der Waals surface area contributed by atoms with Gasteiger partial charge in [-0.3, -0.25) is 4.79 Å². The number of hydrogen-bond acceptors (Lipinski definition) is 16. The van der Waals surface area contributed by atoms with Crippen molar-refractivity contribution in [3.8, 4) is 11.5 Å². The van der Waals surface area contributed by atoms with E-state index >= 15 is 4.39 Å². The molecule has 370 valence electrons. The Balaban J connectivity index is 1.86. The van der Waals surface area contributed by atoms with Crippen LogP contribution < -0.4 is 25.4 Å². The number of nitrogens with one attached hydrogen (secondary N) is 3. The Morgan fingerprint density at radius 2 is 1.66 bits per heavy atom. The molecule has 1 aromatic rings. The summed E-state index contributed by atoms with van der Waals surface area (Å²) >= 11 is 0. The summed E-state index contributed by atoms with van der Waals surface area (Å²) in [6, 6.07) is 3.16. The van der Waals surface area contributed by atoms with Gasteiger partial charge in [0.05, 0.1) is 49.1 Å². The van der Waals surface area contributed by atoms with Crippen molar-refractivity contribution in [1.29, 1.82) is 0 Å². The molecule has 3 heterocycles. The number of halogens is 1. The van der Waals surface area contributed by atoms with E-state index in [1.807, 2.05) is 20.8 Å². The van der Waals surface area contributed by atoms with Crippen molar-refractivity contribution < 1.29 is 67.5 Å². The van der Waals surface area contributed by atoms with Crippen molar-refractivity contribution in [1.82, 2.24) is 16.0 Å². The minimum Gasteiger partial charge on any atom is -0.497 e. The summed E-state index contributed by atoms with van der Waals surface area (Å²) < 4.78 is 66.3. The number of esters is 1. The third-order valence-electron chi connectivity index (χ3n) is 14.1. The highest BCUT2D eigenvalue weighted by Gasteiger charge is 2.58. The molecule has 3 fully saturated rings. The zero-order valence-corrected chi connectivity index (χ0v) is 40.8. The molecule has 0 spiro atoms. The molecular weight excluding hydrogens is 834 g/mol. The van der Waals surface area contributed by atoms with Crippen molar-refractivity contribution >= 4 is 5.97 Å². The molecule has 0 aromatic heterocycles. The van der Waals surface area contributed by atoms with Crippen LogP contribution in [0.2, 0.25) is 0 Å². The molecule has 0 bridgehead atoms. The van der Waals surface area contributed by atoms with Gasteiger partial charge in [-0.25, -0.2) is 4.39 Å². The maximum atomic E-state index is 15.4. The summed E-state index contributed by atoms with van der Waals surface area (Å²) in [7, 11) is 4.77. The summed E-state index contributed by atoms with van der Waals surface area (Å²) in [5.74, 6) is -3.22. The molecule has 0 unspecified atom stereocenters. The smallest absolute Gasteiger partial charge is 0.311 e. The molecule has 18 atom stereocenters. The van der Waals surface area contributed by atoms with Gasteiger partial charge in [-0.15, -0.1) is 0 Å². The fourth-order valence-electron chi connectivity index (χ4n) is 9.97. The average molecular weight is 916 g/mol. The highest BCUT2D eigenvalue weighted by atomic mass is 19.1. The zero-order valence-electron chi connectivity index (χ0n) is 40.8. The Kier molecular flexibility index (Phi) is 19.3. The molecule has 3 saturated heterocycles. The highest BCUT2D eigenvalue weighted by Crippen LogP contribution is 2.43. The number of benzene rings is 1. The summed E-state index contributed by atoms with van der Waals surface area (Å²) in [6.45, 7) is 20.6. The van der Waals surface area contributed by atoms with Gasteiger partial charge in [-0.1, -0.05) is 27.7 Å². The first kappa shape index (κ1) is 54.3. The van der Waals surface area contributed by atoms with Gasteiger partial charge < -0.3 is 74.3 Å². The molecule has 64 heavy (non-hydrogen) atoms. The Morgan fingerprint density at radius 1 is 0.969 bits per heavy atom. The van der Waals surface area contributed by atoms with E-state index in [2.05, 4.69) is 16.0 Å². The number of ether oxygens (including phenoxy) is 8. The van der Waals surface area contributed by atoms with Gasteiger partial charge in [0.1, 0.15) is 34.8 Å².